The maximum atomic E-state index is 13.4. The molecular weight excluding hydrogens is 256 g/mol. The summed E-state index contributed by atoms with van der Waals surface area (Å²) >= 11 is 0. The minimum Gasteiger partial charge on any atom is -0.486 e. The van der Waals surface area contributed by atoms with Crippen LogP contribution in [0.25, 0.3) is 0 Å². The molecule has 0 aliphatic rings. The van der Waals surface area contributed by atoms with Crippen molar-refractivity contribution in [2.24, 2.45) is 0 Å². The van der Waals surface area contributed by atoms with E-state index in [2.05, 4.69) is 4.98 Å². The van der Waals surface area contributed by atoms with Crippen LogP contribution < -0.4 is 4.74 Å². The second-order valence-corrected chi connectivity index (χ2v) is 3.68. The third kappa shape index (κ3) is 3.04. The molecule has 4 nitrogen and oxygen atoms in total. The van der Waals surface area contributed by atoms with Gasteiger partial charge in [0.2, 0.25) is 0 Å². The Labute approximate surface area is 107 Å². The summed E-state index contributed by atoms with van der Waals surface area (Å²) < 4.78 is 31.5. The van der Waals surface area contributed by atoms with E-state index in [1.165, 1.54) is 18.3 Å². The number of pyridine rings is 1. The second-order valence-electron chi connectivity index (χ2n) is 3.68. The van der Waals surface area contributed by atoms with Crippen LogP contribution in [0.5, 0.6) is 5.75 Å². The number of aromatic carboxylic acids is 1. The van der Waals surface area contributed by atoms with Crippen molar-refractivity contribution >= 4 is 5.97 Å². The normalized spacial score (nSPS) is 10.2. The topological polar surface area (TPSA) is 59.4 Å². The van der Waals surface area contributed by atoms with Gasteiger partial charge >= 0.3 is 5.97 Å². The van der Waals surface area contributed by atoms with Crippen LogP contribution in [-0.4, -0.2) is 16.1 Å². The Morgan fingerprint density at radius 3 is 2.84 bits per heavy atom. The summed E-state index contributed by atoms with van der Waals surface area (Å²) in [7, 11) is 0. The maximum Gasteiger partial charge on any atom is 0.358 e. The van der Waals surface area contributed by atoms with Gasteiger partial charge in [-0.1, -0.05) is 0 Å². The van der Waals surface area contributed by atoms with Crippen LogP contribution in [0.2, 0.25) is 0 Å². The zero-order valence-electron chi connectivity index (χ0n) is 9.64. The number of carbonyl (C=O) groups is 1. The highest BCUT2D eigenvalue weighted by atomic mass is 19.1. The summed E-state index contributed by atoms with van der Waals surface area (Å²) in [6, 6.07) is 5.85. The van der Waals surface area contributed by atoms with Crippen molar-refractivity contribution in [2.45, 2.75) is 6.61 Å². The highest BCUT2D eigenvalue weighted by Gasteiger charge is 2.13. The van der Waals surface area contributed by atoms with Crippen LogP contribution in [0, 0.1) is 11.6 Å². The lowest BCUT2D eigenvalue weighted by molar-refractivity contribution is 0.0684. The van der Waals surface area contributed by atoms with Crippen LogP contribution in [-0.2, 0) is 6.61 Å². The molecule has 1 heterocycles. The third-order valence-electron chi connectivity index (χ3n) is 2.36. The summed E-state index contributed by atoms with van der Waals surface area (Å²) in [5.74, 6) is -2.47. The molecule has 0 unspecified atom stereocenters. The van der Waals surface area contributed by atoms with Gasteiger partial charge in [-0.25, -0.2) is 18.6 Å². The molecule has 0 aliphatic carbocycles. The molecule has 98 valence electrons. The number of hydrogen-bond acceptors (Lipinski definition) is 3. The largest absolute Gasteiger partial charge is 0.486 e. The smallest absolute Gasteiger partial charge is 0.358 e. The Hall–Kier alpha value is -2.50. The van der Waals surface area contributed by atoms with E-state index in [-0.39, 0.29) is 23.6 Å². The Kier molecular flexibility index (Phi) is 3.70. The van der Waals surface area contributed by atoms with Crippen molar-refractivity contribution in [3.8, 4) is 5.75 Å². The number of halogens is 2. The molecule has 6 heteroatoms. The monoisotopic (exact) mass is 265 g/mol. The average molecular weight is 265 g/mol. The molecule has 1 N–H and O–H groups in total. The van der Waals surface area contributed by atoms with Gasteiger partial charge in [-0.3, -0.25) is 0 Å². The Morgan fingerprint density at radius 2 is 2.11 bits per heavy atom. The van der Waals surface area contributed by atoms with Crippen molar-refractivity contribution < 1.29 is 23.4 Å². The average Bonchev–Trinajstić information content (AvgIpc) is 2.40. The van der Waals surface area contributed by atoms with Gasteiger partial charge in [0, 0.05) is 11.8 Å². The van der Waals surface area contributed by atoms with E-state index < -0.39 is 17.6 Å². The fourth-order valence-corrected chi connectivity index (χ4v) is 1.48. The van der Waals surface area contributed by atoms with Gasteiger partial charge in [-0.2, -0.15) is 0 Å². The molecule has 0 atom stereocenters. The summed E-state index contributed by atoms with van der Waals surface area (Å²) in [5, 5.41) is 8.88. The molecule has 19 heavy (non-hydrogen) atoms. The van der Waals surface area contributed by atoms with Gasteiger partial charge in [0.15, 0.2) is 11.4 Å². The molecule has 0 aliphatic heterocycles. The molecule has 2 aromatic rings. The standard InChI is InChI=1S/C13H9F2NO3/c14-9-3-4-10(15)8(6-9)7-19-11-2-1-5-16-12(11)13(17)18/h1-6H,7H2,(H,17,18). The predicted molar refractivity (Wildman–Crippen MR) is 61.9 cm³/mol. The van der Waals surface area contributed by atoms with E-state index in [0.29, 0.717) is 0 Å². The summed E-state index contributed by atoms with van der Waals surface area (Å²) in [6.45, 7) is -0.282. The van der Waals surface area contributed by atoms with E-state index in [0.717, 1.165) is 18.2 Å². The molecule has 1 aromatic carbocycles. The molecular formula is C13H9F2NO3. The van der Waals surface area contributed by atoms with Crippen molar-refractivity contribution in [1.29, 1.82) is 0 Å². The first-order valence-corrected chi connectivity index (χ1v) is 5.33. The van der Waals surface area contributed by atoms with E-state index in [1.807, 2.05) is 0 Å². The summed E-state index contributed by atoms with van der Waals surface area (Å²) in [5.41, 5.74) is -0.278. The predicted octanol–water partition coefficient (Wildman–Crippen LogP) is 2.64. The van der Waals surface area contributed by atoms with Crippen LogP contribution in [0.4, 0.5) is 8.78 Å². The van der Waals surface area contributed by atoms with Crippen molar-refractivity contribution in [3.05, 3.63) is 59.4 Å². The second kappa shape index (κ2) is 5.43. The highest BCUT2D eigenvalue weighted by molar-refractivity contribution is 5.88. The van der Waals surface area contributed by atoms with E-state index in [9.17, 15) is 13.6 Å². The number of nitrogens with zero attached hydrogens (tertiary/aromatic N) is 1. The molecule has 0 radical (unpaired) electrons. The fraction of sp³-hybridized carbons (Fsp3) is 0.0769. The molecule has 0 saturated carbocycles. The molecule has 0 bridgehead atoms. The maximum absolute atomic E-state index is 13.4. The molecule has 1 aromatic heterocycles. The van der Waals surface area contributed by atoms with Crippen LogP contribution >= 0.6 is 0 Å². The van der Waals surface area contributed by atoms with Gasteiger partial charge < -0.3 is 9.84 Å². The van der Waals surface area contributed by atoms with Gasteiger partial charge in [-0.05, 0) is 30.3 Å². The van der Waals surface area contributed by atoms with Crippen molar-refractivity contribution in [2.75, 3.05) is 0 Å². The first kappa shape index (κ1) is 12.9. The van der Waals surface area contributed by atoms with Crippen LogP contribution in [0.15, 0.2) is 36.5 Å². The molecule has 0 saturated heterocycles. The Balaban J connectivity index is 2.19. The first-order valence-electron chi connectivity index (χ1n) is 5.33. The number of carboxylic acids is 1. The number of aromatic nitrogens is 1. The quantitative estimate of drug-likeness (QED) is 0.923. The minimum absolute atomic E-state index is 0.000178. The lowest BCUT2D eigenvalue weighted by Crippen LogP contribution is -2.06. The number of ether oxygens (including phenoxy) is 1. The van der Waals surface area contributed by atoms with E-state index in [4.69, 9.17) is 9.84 Å². The van der Waals surface area contributed by atoms with Crippen molar-refractivity contribution in [1.82, 2.24) is 4.98 Å². The fourth-order valence-electron chi connectivity index (χ4n) is 1.48. The van der Waals surface area contributed by atoms with Crippen LogP contribution in [0.3, 0.4) is 0 Å². The SMILES string of the molecule is O=C(O)c1ncccc1OCc1cc(F)ccc1F. The molecule has 0 fully saturated rings. The minimum atomic E-state index is -1.25. The lowest BCUT2D eigenvalue weighted by atomic mass is 10.2. The number of benzene rings is 1. The van der Waals surface area contributed by atoms with Crippen molar-refractivity contribution in [3.63, 3.8) is 0 Å². The molecule has 0 spiro atoms. The Bertz CT molecular complexity index is 617. The van der Waals surface area contributed by atoms with Gasteiger partial charge in [-0.15, -0.1) is 0 Å². The third-order valence-corrected chi connectivity index (χ3v) is 2.36. The van der Waals surface area contributed by atoms with Crippen LogP contribution in [0.1, 0.15) is 16.1 Å². The summed E-state index contributed by atoms with van der Waals surface area (Å²) in [6.07, 6.45) is 1.30. The lowest BCUT2D eigenvalue weighted by Gasteiger charge is -2.08. The molecule has 2 rings (SSSR count). The summed E-state index contributed by atoms with van der Waals surface area (Å²) in [4.78, 5) is 14.5. The number of carboxylic acid groups (broad SMARTS) is 1. The highest BCUT2D eigenvalue weighted by Crippen LogP contribution is 2.18. The Morgan fingerprint density at radius 1 is 1.32 bits per heavy atom. The number of hydrogen-bond donors (Lipinski definition) is 1. The van der Waals surface area contributed by atoms with Gasteiger partial charge in [0.25, 0.3) is 0 Å². The first-order chi connectivity index (χ1) is 9.08. The van der Waals surface area contributed by atoms with Gasteiger partial charge in [0.05, 0.1) is 0 Å². The van der Waals surface area contributed by atoms with E-state index >= 15 is 0 Å². The van der Waals surface area contributed by atoms with Gasteiger partial charge in [0.1, 0.15) is 18.2 Å². The van der Waals surface area contributed by atoms with E-state index in [1.54, 1.807) is 0 Å². The molecule has 0 amide bonds. The number of rotatable bonds is 4. The zero-order valence-corrected chi connectivity index (χ0v) is 9.64. The zero-order chi connectivity index (χ0) is 13.8.